The van der Waals surface area contributed by atoms with Crippen molar-refractivity contribution in [3.8, 4) is 0 Å². The van der Waals surface area contributed by atoms with Crippen molar-refractivity contribution in [3.63, 3.8) is 0 Å². The maximum atomic E-state index is 11.8. The summed E-state index contributed by atoms with van der Waals surface area (Å²) >= 11 is 1.59. The first-order valence-electron chi connectivity index (χ1n) is 7.84. The Labute approximate surface area is 137 Å². The summed E-state index contributed by atoms with van der Waals surface area (Å²) in [5, 5.41) is 3.07. The second-order valence-electron chi connectivity index (χ2n) is 5.08. The molecule has 1 aliphatic rings. The number of carbonyl (C=O) groups excluding carboxylic acids is 1. The van der Waals surface area contributed by atoms with Gasteiger partial charge in [-0.1, -0.05) is 61.9 Å². The van der Waals surface area contributed by atoms with Crippen molar-refractivity contribution in [3.05, 3.63) is 52.4 Å². The first-order chi connectivity index (χ1) is 10.8. The third kappa shape index (κ3) is 4.41. The molecule has 2 rings (SSSR count). The lowest BCUT2D eigenvalue weighted by molar-refractivity contribution is -0.137. The lowest BCUT2D eigenvalue weighted by atomic mass is 10.1. The molecular formula is C18H23NO2S. The molecule has 1 aromatic rings. The summed E-state index contributed by atoms with van der Waals surface area (Å²) in [6, 6.07) is 10.3. The summed E-state index contributed by atoms with van der Waals surface area (Å²) in [5.74, 6) is -0.270. The van der Waals surface area contributed by atoms with Crippen LogP contribution < -0.4 is 0 Å². The molecule has 1 aliphatic heterocycles. The van der Waals surface area contributed by atoms with Crippen LogP contribution in [0.2, 0.25) is 0 Å². The van der Waals surface area contributed by atoms with Crippen LogP contribution in [0.3, 0.4) is 0 Å². The van der Waals surface area contributed by atoms with E-state index in [0.717, 1.165) is 23.7 Å². The van der Waals surface area contributed by atoms with Crippen LogP contribution >= 0.6 is 11.8 Å². The van der Waals surface area contributed by atoms with Gasteiger partial charge in [0, 0.05) is 12.0 Å². The molecule has 3 nitrogen and oxygen atoms in total. The van der Waals surface area contributed by atoms with E-state index in [9.17, 15) is 4.79 Å². The minimum absolute atomic E-state index is 0.270. The Balaban J connectivity index is 2.17. The molecule has 0 unspecified atom stereocenters. The zero-order valence-electron chi connectivity index (χ0n) is 13.2. The standard InChI is InChI=1S/C18H23NO2S/c1-3-5-9-12-19-16(15-10-7-6-8-11-15)14-22-17(19)13-18(20)21-4-2/h6-8,10-11,13-14H,3-5,9,12H2,1-2H3. The van der Waals surface area contributed by atoms with Crippen LogP contribution in [0.4, 0.5) is 0 Å². The molecule has 0 saturated heterocycles. The van der Waals surface area contributed by atoms with Crippen LogP contribution in [0, 0.1) is 0 Å². The molecule has 22 heavy (non-hydrogen) atoms. The van der Waals surface area contributed by atoms with Crippen molar-refractivity contribution >= 4 is 23.4 Å². The molecule has 0 N–H and O–H groups in total. The Kier molecular flexibility index (Phi) is 6.59. The third-order valence-electron chi connectivity index (χ3n) is 3.43. The first-order valence-corrected chi connectivity index (χ1v) is 8.72. The zero-order valence-corrected chi connectivity index (χ0v) is 14.1. The van der Waals surface area contributed by atoms with Crippen molar-refractivity contribution in [2.75, 3.05) is 13.2 Å². The van der Waals surface area contributed by atoms with Gasteiger partial charge >= 0.3 is 5.97 Å². The Hall–Kier alpha value is -1.68. The molecule has 0 aromatic heterocycles. The molecule has 0 fully saturated rings. The van der Waals surface area contributed by atoms with Crippen molar-refractivity contribution in [2.24, 2.45) is 0 Å². The van der Waals surface area contributed by atoms with Crippen molar-refractivity contribution in [2.45, 2.75) is 33.1 Å². The molecule has 1 aromatic carbocycles. The third-order valence-corrected chi connectivity index (χ3v) is 4.35. The van der Waals surface area contributed by atoms with Gasteiger partial charge in [-0.2, -0.15) is 0 Å². The molecule has 0 aliphatic carbocycles. The molecular weight excluding hydrogens is 294 g/mol. The van der Waals surface area contributed by atoms with Crippen molar-refractivity contribution < 1.29 is 9.53 Å². The fraction of sp³-hybridized carbons (Fsp3) is 0.389. The van der Waals surface area contributed by atoms with Crippen molar-refractivity contribution in [1.29, 1.82) is 0 Å². The quantitative estimate of drug-likeness (QED) is 0.417. The van der Waals surface area contributed by atoms with E-state index < -0.39 is 0 Å². The number of thioether (sulfide) groups is 1. The maximum absolute atomic E-state index is 11.8. The predicted octanol–water partition coefficient (Wildman–Crippen LogP) is 4.63. The van der Waals surface area contributed by atoms with E-state index in [1.54, 1.807) is 17.8 Å². The van der Waals surface area contributed by atoms with E-state index in [-0.39, 0.29) is 5.97 Å². The summed E-state index contributed by atoms with van der Waals surface area (Å²) in [6.45, 7) is 5.35. The van der Waals surface area contributed by atoms with Gasteiger partial charge in [0.05, 0.1) is 23.4 Å². The molecule has 0 atom stereocenters. The van der Waals surface area contributed by atoms with E-state index in [2.05, 4.69) is 29.4 Å². The molecule has 0 saturated carbocycles. The van der Waals surface area contributed by atoms with E-state index in [1.165, 1.54) is 18.4 Å². The highest BCUT2D eigenvalue weighted by molar-refractivity contribution is 8.06. The number of esters is 1. The monoisotopic (exact) mass is 317 g/mol. The van der Waals surface area contributed by atoms with Crippen LogP contribution in [0.1, 0.15) is 38.7 Å². The predicted molar refractivity (Wildman–Crippen MR) is 93.0 cm³/mol. The highest BCUT2D eigenvalue weighted by atomic mass is 32.2. The SMILES string of the molecule is CCCCCN1C(=CC(=O)OCC)SC=C1c1ccccc1. The average Bonchev–Trinajstić information content (AvgIpc) is 2.91. The summed E-state index contributed by atoms with van der Waals surface area (Å²) < 4.78 is 5.04. The van der Waals surface area contributed by atoms with E-state index in [4.69, 9.17) is 4.74 Å². The van der Waals surface area contributed by atoms with Gasteiger partial charge in [0.1, 0.15) is 0 Å². The summed E-state index contributed by atoms with van der Waals surface area (Å²) in [4.78, 5) is 14.0. The molecule has 0 spiro atoms. The minimum Gasteiger partial charge on any atom is -0.463 e. The molecule has 118 valence electrons. The molecule has 0 radical (unpaired) electrons. The molecule has 1 heterocycles. The number of benzene rings is 1. The first kappa shape index (κ1) is 16.7. The Morgan fingerprint density at radius 2 is 2.00 bits per heavy atom. The van der Waals surface area contributed by atoms with Gasteiger partial charge < -0.3 is 9.64 Å². The minimum atomic E-state index is -0.270. The smallest absolute Gasteiger partial charge is 0.333 e. The average molecular weight is 317 g/mol. The molecule has 4 heteroatoms. The number of rotatable bonds is 7. The molecule has 0 amide bonds. The van der Waals surface area contributed by atoms with E-state index >= 15 is 0 Å². The lowest BCUT2D eigenvalue weighted by Crippen LogP contribution is -2.19. The summed E-state index contributed by atoms with van der Waals surface area (Å²) in [6.07, 6.45) is 5.09. The van der Waals surface area contributed by atoms with Crippen LogP contribution in [0.25, 0.3) is 5.70 Å². The summed E-state index contributed by atoms with van der Waals surface area (Å²) in [5.41, 5.74) is 2.34. The number of carbonyl (C=O) groups is 1. The molecule has 0 bridgehead atoms. The highest BCUT2D eigenvalue weighted by Crippen LogP contribution is 2.39. The fourth-order valence-corrected chi connectivity index (χ4v) is 3.32. The second kappa shape index (κ2) is 8.69. The number of ether oxygens (including phenoxy) is 1. The maximum Gasteiger partial charge on any atom is 0.333 e. The fourth-order valence-electron chi connectivity index (χ4n) is 2.34. The van der Waals surface area contributed by atoms with Gasteiger partial charge in [0.15, 0.2) is 0 Å². The number of hydrogen-bond donors (Lipinski definition) is 0. The van der Waals surface area contributed by atoms with Crippen LogP contribution in [0.15, 0.2) is 46.8 Å². The van der Waals surface area contributed by atoms with E-state index in [0.29, 0.717) is 6.61 Å². The topological polar surface area (TPSA) is 29.5 Å². The number of nitrogens with zero attached hydrogens (tertiary/aromatic N) is 1. The van der Waals surface area contributed by atoms with E-state index in [1.807, 2.05) is 25.1 Å². The van der Waals surface area contributed by atoms with Crippen molar-refractivity contribution in [1.82, 2.24) is 4.90 Å². The number of unbranched alkanes of at least 4 members (excludes halogenated alkanes) is 2. The van der Waals surface area contributed by atoms with Gasteiger partial charge in [0.25, 0.3) is 0 Å². The normalized spacial score (nSPS) is 16.0. The second-order valence-corrected chi connectivity index (χ2v) is 5.97. The Bertz CT molecular complexity index is 551. The Morgan fingerprint density at radius 1 is 1.23 bits per heavy atom. The lowest BCUT2D eigenvalue weighted by Gasteiger charge is -2.23. The van der Waals surface area contributed by atoms with Gasteiger partial charge in [-0.05, 0) is 18.9 Å². The highest BCUT2D eigenvalue weighted by Gasteiger charge is 2.23. The van der Waals surface area contributed by atoms with Crippen LogP contribution in [-0.2, 0) is 9.53 Å². The summed E-state index contributed by atoms with van der Waals surface area (Å²) in [7, 11) is 0. The van der Waals surface area contributed by atoms with Gasteiger partial charge in [-0.3, -0.25) is 0 Å². The van der Waals surface area contributed by atoms with Gasteiger partial charge in [0.2, 0.25) is 0 Å². The zero-order chi connectivity index (χ0) is 15.8. The number of hydrogen-bond acceptors (Lipinski definition) is 4. The van der Waals surface area contributed by atoms with Gasteiger partial charge in [-0.25, -0.2) is 4.79 Å². The largest absolute Gasteiger partial charge is 0.463 e. The Morgan fingerprint density at radius 3 is 2.68 bits per heavy atom. The van der Waals surface area contributed by atoms with Crippen LogP contribution in [0.5, 0.6) is 0 Å². The van der Waals surface area contributed by atoms with Gasteiger partial charge in [-0.15, -0.1) is 0 Å². The van der Waals surface area contributed by atoms with Crippen LogP contribution in [-0.4, -0.2) is 24.0 Å².